The van der Waals surface area contributed by atoms with Gasteiger partial charge >= 0.3 is 0 Å². The summed E-state index contributed by atoms with van der Waals surface area (Å²) < 4.78 is 12.5. The normalized spacial score (nSPS) is 26.6. The van der Waals surface area contributed by atoms with Crippen LogP contribution in [-0.2, 0) is 10.8 Å². The fourth-order valence-electron chi connectivity index (χ4n) is 2.64. The molecule has 0 saturated heterocycles. The predicted octanol–water partition coefficient (Wildman–Crippen LogP) is 3.35. The molecule has 1 saturated carbocycles. The van der Waals surface area contributed by atoms with Gasteiger partial charge in [0.25, 0.3) is 0 Å². The van der Waals surface area contributed by atoms with Crippen molar-refractivity contribution in [1.82, 2.24) is 0 Å². The number of rotatable bonds is 3. The van der Waals surface area contributed by atoms with E-state index in [1.807, 2.05) is 24.3 Å². The van der Waals surface area contributed by atoms with Crippen LogP contribution in [-0.4, -0.2) is 9.46 Å². The zero-order valence-corrected chi connectivity index (χ0v) is 11.2. The van der Waals surface area contributed by atoms with Crippen LogP contribution < -0.4 is 5.73 Å². The first-order valence-corrected chi connectivity index (χ1v) is 7.68. The third-order valence-electron chi connectivity index (χ3n) is 3.71. The largest absolute Gasteiger partial charge is 0.399 e. The van der Waals surface area contributed by atoms with Crippen molar-refractivity contribution in [1.29, 1.82) is 0 Å². The molecule has 0 bridgehead atoms. The Labute approximate surface area is 106 Å². The van der Waals surface area contributed by atoms with E-state index in [0.717, 1.165) is 23.7 Å². The Morgan fingerprint density at radius 3 is 2.94 bits per heavy atom. The fraction of sp³-hybridized carbons (Fsp3) is 0.571. The third kappa shape index (κ3) is 3.09. The van der Waals surface area contributed by atoms with Crippen LogP contribution >= 0.6 is 0 Å². The minimum Gasteiger partial charge on any atom is -0.399 e. The summed E-state index contributed by atoms with van der Waals surface area (Å²) in [5.41, 5.74) is 6.45. The highest BCUT2D eigenvalue weighted by molar-refractivity contribution is 7.85. The number of benzene rings is 1. The smallest absolute Gasteiger partial charge is 0.0561 e. The summed E-state index contributed by atoms with van der Waals surface area (Å²) in [6.07, 6.45) is 5.94. The van der Waals surface area contributed by atoms with Gasteiger partial charge in [-0.25, -0.2) is 0 Å². The van der Waals surface area contributed by atoms with Gasteiger partial charge in [-0.15, -0.1) is 0 Å². The van der Waals surface area contributed by atoms with E-state index in [0.29, 0.717) is 10.9 Å². The van der Waals surface area contributed by atoms with Gasteiger partial charge in [-0.2, -0.15) is 0 Å². The standard InChI is InChI=1S/C14H21NOS/c1-2-11-5-3-7-13(9-11)17(16)14-8-4-6-12(15)10-14/h4,6,8,10-11,13H,2-3,5,7,9,15H2,1H3. The molecule has 3 unspecified atom stereocenters. The lowest BCUT2D eigenvalue weighted by Gasteiger charge is -2.27. The molecule has 0 radical (unpaired) electrons. The monoisotopic (exact) mass is 251 g/mol. The Morgan fingerprint density at radius 2 is 2.24 bits per heavy atom. The van der Waals surface area contributed by atoms with Gasteiger partial charge in [-0.1, -0.05) is 32.3 Å². The molecule has 0 heterocycles. The summed E-state index contributed by atoms with van der Waals surface area (Å²) >= 11 is 0. The van der Waals surface area contributed by atoms with Crippen molar-refractivity contribution >= 4 is 16.5 Å². The zero-order valence-electron chi connectivity index (χ0n) is 10.4. The van der Waals surface area contributed by atoms with Crippen LogP contribution in [0.3, 0.4) is 0 Å². The first-order chi connectivity index (χ1) is 8.20. The maximum absolute atomic E-state index is 12.5. The molecule has 0 aliphatic heterocycles. The Bertz CT molecular complexity index is 405. The first kappa shape index (κ1) is 12.6. The highest BCUT2D eigenvalue weighted by atomic mass is 32.2. The lowest BCUT2D eigenvalue weighted by molar-refractivity contribution is 0.353. The highest BCUT2D eigenvalue weighted by Crippen LogP contribution is 2.31. The zero-order chi connectivity index (χ0) is 12.3. The number of anilines is 1. The van der Waals surface area contributed by atoms with Gasteiger partial charge in [-0.3, -0.25) is 4.21 Å². The Kier molecular flexibility index (Phi) is 4.21. The number of nitrogen functional groups attached to an aromatic ring is 1. The average Bonchev–Trinajstić information content (AvgIpc) is 2.38. The highest BCUT2D eigenvalue weighted by Gasteiger charge is 2.26. The lowest BCUT2D eigenvalue weighted by Crippen LogP contribution is -2.24. The molecule has 1 aliphatic carbocycles. The van der Waals surface area contributed by atoms with Crippen molar-refractivity contribution in [3.63, 3.8) is 0 Å². The molecule has 1 aromatic carbocycles. The molecule has 2 N–H and O–H groups in total. The first-order valence-electron chi connectivity index (χ1n) is 6.46. The second-order valence-corrected chi connectivity index (χ2v) is 6.67. The maximum Gasteiger partial charge on any atom is 0.0561 e. The minimum absolute atomic E-state index is 0.329. The van der Waals surface area contributed by atoms with Crippen LogP contribution in [0.2, 0.25) is 0 Å². The van der Waals surface area contributed by atoms with E-state index < -0.39 is 10.8 Å². The van der Waals surface area contributed by atoms with Crippen molar-refractivity contribution in [2.75, 3.05) is 5.73 Å². The summed E-state index contributed by atoms with van der Waals surface area (Å²) in [6.45, 7) is 2.23. The van der Waals surface area contributed by atoms with Crippen molar-refractivity contribution < 1.29 is 4.21 Å². The van der Waals surface area contributed by atoms with Crippen molar-refractivity contribution in [2.24, 2.45) is 5.92 Å². The molecule has 3 heteroatoms. The van der Waals surface area contributed by atoms with Crippen LogP contribution in [0.25, 0.3) is 0 Å². The summed E-state index contributed by atoms with van der Waals surface area (Å²) in [5.74, 6) is 0.763. The van der Waals surface area contributed by atoms with Gasteiger partial charge in [0.05, 0.1) is 10.8 Å². The van der Waals surface area contributed by atoms with E-state index in [1.54, 1.807) is 0 Å². The quantitative estimate of drug-likeness (QED) is 0.837. The molecule has 1 fully saturated rings. The van der Waals surface area contributed by atoms with Gasteiger partial charge in [-0.05, 0) is 37.0 Å². The molecule has 1 aromatic rings. The van der Waals surface area contributed by atoms with Crippen molar-refractivity contribution in [3.05, 3.63) is 24.3 Å². The molecule has 17 heavy (non-hydrogen) atoms. The van der Waals surface area contributed by atoms with Gasteiger partial charge in [0, 0.05) is 15.8 Å². The molecule has 3 atom stereocenters. The molecule has 2 rings (SSSR count). The van der Waals surface area contributed by atoms with E-state index in [-0.39, 0.29) is 0 Å². The van der Waals surface area contributed by atoms with Crippen LogP contribution in [0, 0.1) is 5.92 Å². The minimum atomic E-state index is -0.882. The molecule has 0 amide bonds. The Hall–Kier alpha value is -0.830. The van der Waals surface area contributed by atoms with Crippen LogP contribution in [0.15, 0.2) is 29.2 Å². The Balaban J connectivity index is 2.09. The molecule has 2 nitrogen and oxygen atoms in total. The molecular formula is C14H21NOS. The van der Waals surface area contributed by atoms with Gasteiger partial charge < -0.3 is 5.73 Å². The Morgan fingerprint density at radius 1 is 1.41 bits per heavy atom. The van der Waals surface area contributed by atoms with E-state index in [1.165, 1.54) is 19.3 Å². The number of hydrogen-bond acceptors (Lipinski definition) is 2. The van der Waals surface area contributed by atoms with E-state index in [9.17, 15) is 4.21 Å². The van der Waals surface area contributed by atoms with E-state index >= 15 is 0 Å². The van der Waals surface area contributed by atoms with Crippen LogP contribution in [0.4, 0.5) is 5.69 Å². The van der Waals surface area contributed by atoms with Crippen LogP contribution in [0.5, 0.6) is 0 Å². The summed E-state index contributed by atoms with van der Waals surface area (Å²) in [4.78, 5) is 0.895. The summed E-state index contributed by atoms with van der Waals surface area (Å²) in [6, 6.07) is 7.52. The number of hydrogen-bond donors (Lipinski definition) is 1. The summed E-state index contributed by atoms with van der Waals surface area (Å²) in [5, 5.41) is 0.329. The van der Waals surface area contributed by atoms with Crippen molar-refractivity contribution in [3.8, 4) is 0 Å². The van der Waals surface area contributed by atoms with Crippen molar-refractivity contribution in [2.45, 2.75) is 49.2 Å². The molecule has 0 aromatic heterocycles. The van der Waals surface area contributed by atoms with E-state index in [2.05, 4.69) is 6.92 Å². The SMILES string of the molecule is CCC1CCCC(S(=O)c2cccc(N)c2)C1. The maximum atomic E-state index is 12.5. The third-order valence-corrected chi connectivity index (χ3v) is 5.46. The van der Waals surface area contributed by atoms with Gasteiger partial charge in [0.2, 0.25) is 0 Å². The molecule has 1 aliphatic rings. The lowest BCUT2D eigenvalue weighted by atomic mass is 9.87. The number of nitrogens with two attached hydrogens (primary N) is 1. The topological polar surface area (TPSA) is 43.1 Å². The fourth-order valence-corrected chi connectivity index (χ4v) is 4.32. The van der Waals surface area contributed by atoms with E-state index in [4.69, 9.17) is 5.73 Å². The molecule has 94 valence electrons. The second kappa shape index (κ2) is 5.67. The van der Waals surface area contributed by atoms with Crippen LogP contribution in [0.1, 0.15) is 39.0 Å². The molecular weight excluding hydrogens is 230 g/mol. The van der Waals surface area contributed by atoms with Gasteiger partial charge in [0.1, 0.15) is 0 Å². The second-order valence-electron chi connectivity index (χ2n) is 4.93. The summed E-state index contributed by atoms with van der Waals surface area (Å²) in [7, 11) is -0.882. The average molecular weight is 251 g/mol. The molecule has 0 spiro atoms. The van der Waals surface area contributed by atoms with Gasteiger partial charge in [0.15, 0.2) is 0 Å². The predicted molar refractivity (Wildman–Crippen MR) is 73.3 cm³/mol.